The largest absolute Gasteiger partial charge is 0.382 e. The third-order valence-corrected chi connectivity index (χ3v) is 1.96. The van der Waals surface area contributed by atoms with Gasteiger partial charge in [-0.05, 0) is 26.0 Å². The zero-order chi connectivity index (χ0) is 7.61. The monoisotopic (exact) mass is 140 g/mol. The van der Waals surface area contributed by atoms with E-state index in [0.717, 1.165) is 19.3 Å². The minimum atomic E-state index is -0.740. The first kappa shape index (κ1) is 7.41. The maximum atomic E-state index is 9.61. The summed E-state index contributed by atoms with van der Waals surface area (Å²) in [5, 5.41) is 9.61. The lowest BCUT2D eigenvalue weighted by molar-refractivity contribution is 0.0330. The van der Waals surface area contributed by atoms with Gasteiger partial charge < -0.3 is 5.11 Å². The third-order valence-electron chi connectivity index (χ3n) is 1.96. The molecule has 0 aromatic rings. The molecule has 56 valence electrons. The standard InChI is InChI=1S/C7H12N2O/c1-8-6(9-2)7(10)4-3-5-7/h10H,1,3-5H2,2H3. The summed E-state index contributed by atoms with van der Waals surface area (Å²) >= 11 is 0. The van der Waals surface area contributed by atoms with Crippen LogP contribution in [0.4, 0.5) is 0 Å². The van der Waals surface area contributed by atoms with E-state index in [9.17, 15) is 5.11 Å². The first-order chi connectivity index (χ1) is 4.73. The van der Waals surface area contributed by atoms with Crippen molar-refractivity contribution in [2.75, 3.05) is 7.05 Å². The number of nitrogens with zero attached hydrogens (tertiary/aromatic N) is 2. The van der Waals surface area contributed by atoms with Crippen molar-refractivity contribution in [3.8, 4) is 0 Å². The fourth-order valence-corrected chi connectivity index (χ4v) is 1.16. The van der Waals surface area contributed by atoms with Crippen LogP contribution in [0.15, 0.2) is 9.98 Å². The normalized spacial score (nSPS) is 23.6. The number of hydrogen-bond donors (Lipinski definition) is 1. The van der Waals surface area contributed by atoms with Crippen LogP contribution in [-0.4, -0.2) is 30.3 Å². The summed E-state index contributed by atoms with van der Waals surface area (Å²) in [5.41, 5.74) is -0.740. The van der Waals surface area contributed by atoms with Crippen LogP contribution >= 0.6 is 0 Å². The van der Waals surface area contributed by atoms with E-state index in [4.69, 9.17) is 0 Å². The van der Waals surface area contributed by atoms with E-state index in [2.05, 4.69) is 16.7 Å². The number of rotatable bonds is 1. The molecule has 10 heavy (non-hydrogen) atoms. The van der Waals surface area contributed by atoms with Crippen molar-refractivity contribution < 1.29 is 5.11 Å². The second-order valence-electron chi connectivity index (χ2n) is 2.59. The molecule has 0 radical (unpaired) electrons. The Kier molecular flexibility index (Phi) is 1.85. The van der Waals surface area contributed by atoms with Gasteiger partial charge >= 0.3 is 0 Å². The van der Waals surface area contributed by atoms with Gasteiger partial charge in [0.1, 0.15) is 5.60 Å². The highest BCUT2D eigenvalue weighted by atomic mass is 16.3. The van der Waals surface area contributed by atoms with Gasteiger partial charge in [-0.25, -0.2) is 4.99 Å². The van der Waals surface area contributed by atoms with Gasteiger partial charge in [-0.15, -0.1) is 0 Å². The van der Waals surface area contributed by atoms with Gasteiger partial charge in [0, 0.05) is 7.05 Å². The van der Waals surface area contributed by atoms with Gasteiger partial charge in [-0.3, -0.25) is 4.99 Å². The quantitative estimate of drug-likeness (QED) is 0.421. The predicted octanol–water partition coefficient (Wildman–Crippen LogP) is 0.630. The molecule has 1 rings (SSSR count). The summed E-state index contributed by atoms with van der Waals surface area (Å²) in [6.45, 7) is 3.34. The number of aliphatic imine (C=N–C) groups is 2. The van der Waals surface area contributed by atoms with Crippen molar-refractivity contribution in [1.29, 1.82) is 0 Å². The van der Waals surface area contributed by atoms with Gasteiger partial charge in [0.25, 0.3) is 0 Å². The van der Waals surface area contributed by atoms with Gasteiger partial charge in [0.2, 0.25) is 0 Å². The van der Waals surface area contributed by atoms with Crippen LogP contribution in [0.5, 0.6) is 0 Å². The second-order valence-corrected chi connectivity index (χ2v) is 2.59. The molecule has 0 aliphatic heterocycles. The van der Waals surface area contributed by atoms with E-state index in [-0.39, 0.29) is 0 Å². The predicted molar refractivity (Wildman–Crippen MR) is 41.7 cm³/mol. The fourth-order valence-electron chi connectivity index (χ4n) is 1.16. The third kappa shape index (κ3) is 0.968. The van der Waals surface area contributed by atoms with Gasteiger partial charge in [-0.2, -0.15) is 0 Å². The van der Waals surface area contributed by atoms with Gasteiger partial charge in [0.05, 0.1) is 0 Å². The highest BCUT2D eigenvalue weighted by Crippen LogP contribution is 2.33. The average Bonchev–Trinajstić information content (AvgIpc) is 1.87. The molecule has 1 fully saturated rings. The molecule has 0 amide bonds. The van der Waals surface area contributed by atoms with Crippen LogP contribution in [0.25, 0.3) is 0 Å². The van der Waals surface area contributed by atoms with E-state index in [1.807, 2.05) is 0 Å². The van der Waals surface area contributed by atoms with E-state index >= 15 is 0 Å². The number of amidine groups is 1. The van der Waals surface area contributed by atoms with Crippen LogP contribution in [-0.2, 0) is 0 Å². The smallest absolute Gasteiger partial charge is 0.154 e. The van der Waals surface area contributed by atoms with E-state index in [1.165, 1.54) is 0 Å². The summed E-state index contributed by atoms with van der Waals surface area (Å²) in [7, 11) is 1.63. The lowest BCUT2D eigenvalue weighted by Crippen LogP contribution is -2.44. The Balaban J connectivity index is 2.69. The van der Waals surface area contributed by atoms with Crippen LogP contribution in [0.2, 0.25) is 0 Å². The SMILES string of the molecule is C=NC(=NC)C1(O)CCC1. The Bertz CT molecular complexity index is 170. The molecular formula is C7H12N2O. The molecule has 0 bridgehead atoms. The van der Waals surface area contributed by atoms with Gasteiger partial charge in [0.15, 0.2) is 5.84 Å². The molecule has 3 heteroatoms. The summed E-state index contributed by atoms with van der Waals surface area (Å²) in [4.78, 5) is 7.49. The number of aliphatic hydroxyl groups is 1. The van der Waals surface area contributed by atoms with Crippen LogP contribution in [0.3, 0.4) is 0 Å². The summed E-state index contributed by atoms with van der Waals surface area (Å²) in [6.07, 6.45) is 2.61. The average molecular weight is 140 g/mol. The fraction of sp³-hybridized carbons (Fsp3) is 0.714. The van der Waals surface area contributed by atoms with E-state index in [1.54, 1.807) is 7.05 Å². The van der Waals surface area contributed by atoms with Crippen molar-refractivity contribution in [3.05, 3.63) is 0 Å². The molecule has 3 nitrogen and oxygen atoms in total. The lowest BCUT2D eigenvalue weighted by Gasteiger charge is -2.35. The molecule has 1 N–H and O–H groups in total. The maximum absolute atomic E-state index is 9.61. The van der Waals surface area contributed by atoms with Crippen molar-refractivity contribution in [2.45, 2.75) is 24.9 Å². The first-order valence-electron chi connectivity index (χ1n) is 3.39. The minimum Gasteiger partial charge on any atom is -0.382 e. The molecule has 0 aromatic heterocycles. The summed E-state index contributed by atoms with van der Waals surface area (Å²) in [6, 6.07) is 0. The second kappa shape index (κ2) is 2.50. The molecule has 0 heterocycles. The molecule has 1 aliphatic rings. The Morgan fingerprint density at radius 3 is 2.30 bits per heavy atom. The first-order valence-corrected chi connectivity index (χ1v) is 3.39. The Morgan fingerprint density at radius 1 is 1.60 bits per heavy atom. The molecular weight excluding hydrogens is 128 g/mol. The molecule has 1 aliphatic carbocycles. The molecule has 0 unspecified atom stereocenters. The molecule has 0 atom stereocenters. The number of hydrogen-bond acceptors (Lipinski definition) is 2. The molecule has 0 aromatic carbocycles. The van der Waals surface area contributed by atoms with E-state index < -0.39 is 5.60 Å². The summed E-state index contributed by atoms with van der Waals surface area (Å²) < 4.78 is 0. The van der Waals surface area contributed by atoms with Crippen LogP contribution in [0, 0.1) is 0 Å². The zero-order valence-corrected chi connectivity index (χ0v) is 6.17. The lowest BCUT2D eigenvalue weighted by atomic mass is 9.79. The minimum absolute atomic E-state index is 0.485. The van der Waals surface area contributed by atoms with Crippen LogP contribution in [0.1, 0.15) is 19.3 Å². The highest BCUT2D eigenvalue weighted by Gasteiger charge is 2.39. The maximum Gasteiger partial charge on any atom is 0.154 e. The zero-order valence-electron chi connectivity index (χ0n) is 6.17. The van der Waals surface area contributed by atoms with Crippen molar-refractivity contribution >= 4 is 12.6 Å². The van der Waals surface area contributed by atoms with E-state index in [0.29, 0.717) is 5.84 Å². The Hall–Kier alpha value is -0.700. The Morgan fingerprint density at radius 2 is 2.20 bits per heavy atom. The van der Waals surface area contributed by atoms with Crippen molar-refractivity contribution in [1.82, 2.24) is 0 Å². The molecule has 0 spiro atoms. The van der Waals surface area contributed by atoms with Crippen molar-refractivity contribution in [3.63, 3.8) is 0 Å². The molecule has 1 saturated carbocycles. The highest BCUT2D eigenvalue weighted by molar-refractivity contribution is 5.94. The summed E-state index contributed by atoms with van der Waals surface area (Å²) in [5.74, 6) is 0.485. The topological polar surface area (TPSA) is 45.0 Å². The van der Waals surface area contributed by atoms with Crippen LogP contribution < -0.4 is 0 Å². The van der Waals surface area contributed by atoms with Crippen molar-refractivity contribution in [2.24, 2.45) is 9.98 Å². The van der Waals surface area contributed by atoms with Gasteiger partial charge in [-0.1, -0.05) is 0 Å². The Labute approximate surface area is 60.5 Å². The molecule has 0 saturated heterocycles.